The fourth-order valence-corrected chi connectivity index (χ4v) is 5.38. The van der Waals surface area contributed by atoms with E-state index in [0.717, 1.165) is 41.3 Å². The number of aromatic nitrogens is 3. The predicted octanol–water partition coefficient (Wildman–Crippen LogP) is 2.78. The molecule has 2 aliphatic heterocycles. The first-order chi connectivity index (χ1) is 16.0. The number of aryl methyl sites for hydroxylation is 2. The topological polar surface area (TPSA) is 82.5 Å². The third kappa shape index (κ3) is 4.26. The number of nitrogens with zero attached hydrogens (tertiary/aromatic N) is 6. The molecule has 1 atom stereocenters. The van der Waals surface area contributed by atoms with Gasteiger partial charge in [0.2, 0.25) is 5.91 Å². The molecule has 1 unspecified atom stereocenters. The van der Waals surface area contributed by atoms with E-state index in [1.165, 1.54) is 11.3 Å². The number of hydrogen-bond donors (Lipinski definition) is 0. The highest BCUT2D eigenvalue weighted by Gasteiger charge is 2.36. The Morgan fingerprint density at radius 2 is 1.82 bits per heavy atom. The first kappa shape index (κ1) is 21.7. The summed E-state index contributed by atoms with van der Waals surface area (Å²) in [5, 5.41) is 2.37. The quantitative estimate of drug-likeness (QED) is 0.593. The fourth-order valence-electron chi connectivity index (χ4n) is 4.78. The zero-order valence-corrected chi connectivity index (χ0v) is 19.6. The van der Waals surface area contributed by atoms with Gasteiger partial charge in [-0.3, -0.25) is 14.5 Å². The number of carbonyl (C=O) groups is 2. The molecule has 0 N–H and O–H groups in total. The highest BCUT2D eigenvalue weighted by Crippen LogP contribution is 2.31. The minimum absolute atomic E-state index is 0.000989. The van der Waals surface area contributed by atoms with Gasteiger partial charge in [0, 0.05) is 79.4 Å². The van der Waals surface area contributed by atoms with Crippen LogP contribution in [0.5, 0.6) is 0 Å². The number of carbonyl (C=O) groups excluding carboxylic acids is 2. The Labute approximate surface area is 196 Å². The molecule has 9 heteroatoms. The number of anilines is 1. The first-order valence-electron chi connectivity index (χ1n) is 11.1. The maximum Gasteiger partial charge on any atom is 0.282 e. The molecule has 2 fully saturated rings. The van der Waals surface area contributed by atoms with Crippen LogP contribution in [0.2, 0.25) is 0 Å². The minimum Gasteiger partial charge on any atom is -0.334 e. The number of piperazine rings is 1. The molecule has 2 aliphatic rings. The van der Waals surface area contributed by atoms with Crippen molar-refractivity contribution in [3.05, 3.63) is 58.6 Å². The summed E-state index contributed by atoms with van der Waals surface area (Å²) in [6.45, 7) is 7.47. The van der Waals surface area contributed by atoms with Crippen LogP contribution in [-0.2, 0) is 4.79 Å². The summed E-state index contributed by atoms with van der Waals surface area (Å²) < 4.78 is 0. The lowest BCUT2D eigenvalue weighted by Gasteiger charge is -2.37. The van der Waals surface area contributed by atoms with Crippen LogP contribution in [0, 0.1) is 13.8 Å². The number of thiazole rings is 1. The van der Waals surface area contributed by atoms with Crippen molar-refractivity contribution >= 4 is 28.8 Å². The molecule has 5 rings (SSSR count). The average molecular weight is 463 g/mol. The molecule has 170 valence electrons. The molecule has 0 radical (unpaired) electrons. The summed E-state index contributed by atoms with van der Waals surface area (Å²) in [7, 11) is 0. The van der Waals surface area contributed by atoms with Gasteiger partial charge in [-0.15, -0.1) is 11.3 Å². The van der Waals surface area contributed by atoms with Crippen molar-refractivity contribution in [2.24, 2.45) is 0 Å². The van der Waals surface area contributed by atoms with Gasteiger partial charge in [-0.1, -0.05) is 12.1 Å². The Hall–Kier alpha value is -3.17. The molecular formula is C24H26N6O2S. The van der Waals surface area contributed by atoms with Crippen LogP contribution in [-0.4, -0.2) is 75.3 Å². The van der Waals surface area contributed by atoms with Crippen molar-refractivity contribution in [2.75, 3.05) is 37.6 Å². The number of rotatable bonds is 4. The number of benzene rings is 1. The van der Waals surface area contributed by atoms with E-state index in [2.05, 4.69) is 25.9 Å². The second-order valence-corrected chi connectivity index (χ2v) is 9.39. The Kier molecular flexibility index (Phi) is 5.90. The summed E-state index contributed by atoms with van der Waals surface area (Å²) in [5.41, 5.74) is 4.79. The molecule has 0 spiro atoms. The summed E-state index contributed by atoms with van der Waals surface area (Å²) in [5.74, 6) is 0.136. The highest BCUT2D eigenvalue weighted by atomic mass is 32.1. The SMILES string of the molecule is Cc1ncnc(C)c1-c1cccc(N2CC(N3CCN(C(=O)c4nccs4)CC3)CC2=O)c1. The van der Waals surface area contributed by atoms with Crippen molar-refractivity contribution in [3.8, 4) is 11.1 Å². The monoisotopic (exact) mass is 462 g/mol. The lowest BCUT2D eigenvalue weighted by molar-refractivity contribution is -0.117. The third-order valence-electron chi connectivity index (χ3n) is 6.51. The van der Waals surface area contributed by atoms with Crippen molar-refractivity contribution in [3.63, 3.8) is 0 Å². The molecule has 2 aromatic heterocycles. The van der Waals surface area contributed by atoms with E-state index in [1.54, 1.807) is 12.5 Å². The fraction of sp³-hybridized carbons (Fsp3) is 0.375. The smallest absolute Gasteiger partial charge is 0.282 e. The van der Waals surface area contributed by atoms with E-state index in [4.69, 9.17) is 0 Å². The number of amides is 2. The van der Waals surface area contributed by atoms with Crippen LogP contribution in [0.4, 0.5) is 5.69 Å². The van der Waals surface area contributed by atoms with Crippen LogP contribution in [0.25, 0.3) is 11.1 Å². The van der Waals surface area contributed by atoms with Crippen molar-refractivity contribution in [2.45, 2.75) is 26.3 Å². The van der Waals surface area contributed by atoms with Gasteiger partial charge in [0.15, 0.2) is 5.01 Å². The van der Waals surface area contributed by atoms with E-state index in [1.807, 2.05) is 47.2 Å². The van der Waals surface area contributed by atoms with E-state index < -0.39 is 0 Å². The molecule has 0 bridgehead atoms. The number of hydrogen-bond acceptors (Lipinski definition) is 7. The van der Waals surface area contributed by atoms with Gasteiger partial charge >= 0.3 is 0 Å². The van der Waals surface area contributed by atoms with E-state index in [-0.39, 0.29) is 17.9 Å². The lowest BCUT2D eigenvalue weighted by Crippen LogP contribution is -2.52. The largest absolute Gasteiger partial charge is 0.334 e. The van der Waals surface area contributed by atoms with Crippen molar-refractivity contribution in [1.82, 2.24) is 24.8 Å². The second-order valence-electron chi connectivity index (χ2n) is 8.50. The summed E-state index contributed by atoms with van der Waals surface area (Å²) >= 11 is 1.38. The predicted molar refractivity (Wildman–Crippen MR) is 127 cm³/mol. The highest BCUT2D eigenvalue weighted by molar-refractivity contribution is 7.11. The van der Waals surface area contributed by atoms with Gasteiger partial charge in [0.05, 0.1) is 0 Å². The molecular weight excluding hydrogens is 436 g/mol. The summed E-state index contributed by atoms with van der Waals surface area (Å²) in [6, 6.07) is 8.23. The van der Waals surface area contributed by atoms with E-state index in [0.29, 0.717) is 31.1 Å². The molecule has 0 saturated carbocycles. The Morgan fingerprint density at radius 3 is 2.52 bits per heavy atom. The van der Waals surface area contributed by atoms with Crippen LogP contribution in [0.3, 0.4) is 0 Å². The molecule has 33 heavy (non-hydrogen) atoms. The zero-order valence-electron chi connectivity index (χ0n) is 18.8. The van der Waals surface area contributed by atoms with Crippen LogP contribution >= 0.6 is 11.3 Å². The Morgan fingerprint density at radius 1 is 1.06 bits per heavy atom. The summed E-state index contributed by atoms with van der Waals surface area (Å²) in [4.78, 5) is 44.4. The molecule has 2 amide bonds. The van der Waals surface area contributed by atoms with Crippen LogP contribution < -0.4 is 4.90 Å². The minimum atomic E-state index is 0.000989. The Balaban J connectivity index is 1.27. The molecule has 2 saturated heterocycles. The first-order valence-corrected chi connectivity index (χ1v) is 12.0. The van der Waals surface area contributed by atoms with Gasteiger partial charge in [0.25, 0.3) is 5.91 Å². The third-order valence-corrected chi connectivity index (χ3v) is 7.27. The van der Waals surface area contributed by atoms with Gasteiger partial charge in [-0.05, 0) is 31.5 Å². The van der Waals surface area contributed by atoms with Gasteiger partial charge < -0.3 is 9.80 Å². The zero-order chi connectivity index (χ0) is 22.9. The normalized spacial score (nSPS) is 19.3. The maximum absolute atomic E-state index is 12.9. The lowest BCUT2D eigenvalue weighted by atomic mass is 10.0. The molecule has 1 aromatic carbocycles. The van der Waals surface area contributed by atoms with Gasteiger partial charge in [-0.2, -0.15) is 0 Å². The Bertz CT molecular complexity index is 1150. The van der Waals surface area contributed by atoms with Gasteiger partial charge in [0.1, 0.15) is 6.33 Å². The van der Waals surface area contributed by atoms with Crippen LogP contribution in [0.1, 0.15) is 27.6 Å². The maximum atomic E-state index is 12.9. The van der Waals surface area contributed by atoms with Crippen molar-refractivity contribution < 1.29 is 9.59 Å². The average Bonchev–Trinajstić information content (AvgIpc) is 3.49. The standard InChI is InChI=1S/C24H26N6O2S/c1-16-22(17(2)27-15-26-16)18-4-3-5-19(12-18)30-14-20(13-21(30)31)28-7-9-29(10-8-28)24(32)23-25-6-11-33-23/h3-6,11-12,15,20H,7-10,13-14H2,1-2H3. The van der Waals surface area contributed by atoms with Crippen molar-refractivity contribution in [1.29, 1.82) is 0 Å². The molecule has 4 heterocycles. The van der Waals surface area contributed by atoms with E-state index >= 15 is 0 Å². The van der Waals surface area contributed by atoms with Crippen LogP contribution in [0.15, 0.2) is 42.2 Å². The van der Waals surface area contributed by atoms with Gasteiger partial charge in [-0.25, -0.2) is 15.0 Å². The molecule has 8 nitrogen and oxygen atoms in total. The molecule has 3 aromatic rings. The molecule has 0 aliphatic carbocycles. The summed E-state index contributed by atoms with van der Waals surface area (Å²) in [6.07, 6.45) is 3.74. The van der Waals surface area contributed by atoms with E-state index in [9.17, 15) is 9.59 Å². The second kappa shape index (κ2) is 8.99.